The predicted octanol–water partition coefficient (Wildman–Crippen LogP) is 4.23. The summed E-state index contributed by atoms with van der Waals surface area (Å²) in [6, 6.07) is 7.84. The summed E-state index contributed by atoms with van der Waals surface area (Å²) in [6.07, 6.45) is 6.98. The highest BCUT2D eigenvalue weighted by molar-refractivity contribution is 6.30. The molecule has 1 unspecified atom stereocenters. The van der Waals surface area contributed by atoms with Crippen LogP contribution in [-0.2, 0) is 7.05 Å². The molecule has 4 heterocycles. The van der Waals surface area contributed by atoms with Crippen molar-refractivity contribution >= 4 is 17.5 Å². The number of aryl methyl sites for hydroxylation is 1. The minimum atomic E-state index is 0.0739. The van der Waals surface area contributed by atoms with Gasteiger partial charge in [-0.15, -0.1) is 10.2 Å². The highest BCUT2D eigenvalue weighted by Gasteiger charge is 2.32. The van der Waals surface area contributed by atoms with Crippen LogP contribution in [-0.4, -0.2) is 36.4 Å². The van der Waals surface area contributed by atoms with E-state index in [4.69, 9.17) is 16.1 Å². The molecular weight excluding hydrogens is 402 g/mol. The van der Waals surface area contributed by atoms with Gasteiger partial charge in [-0.3, -0.25) is 4.57 Å². The average Bonchev–Trinajstić information content (AvgIpc) is 3.49. The molecule has 1 fully saturated rings. The normalized spacial score (nSPS) is 16.4. The van der Waals surface area contributed by atoms with Gasteiger partial charge in [0.15, 0.2) is 11.6 Å². The first-order chi connectivity index (χ1) is 14.6. The van der Waals surface area contributed by atoms with Crippen molar-refractivity contribution in [2.45, 2.75) is 25.8 Å². The van der Waals surface area contributed by atoms with Gasteiger partial charge in [-0.1, -0.05) is 22.8 Å². The Morgan fingerprint density at radius 1 is 1.13 bits per heavy atom. The monoisotopic (exact) mass is 421 g/mol. The van der Waals surface area contributed by atoms with E-state index in [0.717, 1.165) is 59.3 Å². The van der Waals surface area contributed by atoms with Gasteiger partial charge in [0.25, 0.3) is 0 Å². The first kappa shape index (κ1) is 18.7. The number of hydrogen-bond acceptors (Lipinski definition) is 7. The molecule has 4 aromatic rings. The SMILES string of the molecule is Cc1ccc(Cl)cc1-c1cc(C2CCCN2c2nnc(-c3cncnc3)n2C)no1. The number of hydrogen-bond donors (Lipinski definition) is 0. The summed E-state index contributed by atoms with van der Waals surface area (Å²) in [6.45, 7) is 2.91. The van der Waals surface area contributed by atoms with Gasteiger partial charge in [0.2, 0.25) is 5.95 Å². The van der Waals surface area contributed by atoms with Crippen molar-refractivity contribution < 1.29 is 4.52 Å². The van der Waals surface area contributed by atoms with Crippen LogP contribution < -0.4 is 4.90 Å². The fourth-order valence-corrected chi connectivity index (χ4v) is 4.16. The Morgan fingerprint density at radius 3 is 2.80 bits per heavy atom. The summed E-state index contributed by atoms with van der Waals surface area (Å²) in [5, 5.41) is 13.9. The molecule has 1 aliphatic rings. The Morgan fingerprint density at radius 2 is 1.97 bits per heavy atom. The summed E-state index contributed by atoms with van der Waals surface area (Å²) in [5.41, 5.74) is 3.76. The molecule has 9 heteroatoms. The zero-order valence-electron chi connectivity index (χ0n) is 16.7. The number of anilines is 1. The maximum absolute atomic E-state index is 6.18. The van der Waals surface area contributed by atoms with Gasteiger partial charge in [0, 0.05) is 42.6 Å². The third kappa shape index (κ3) is 3.23. The summed E-state index contributed by atoms with van der Waals surface area (Å²) >= 11 is 6.18. The van der Waals surface area contributed by atoms with E-state index in [-0.39, 0.29) is 6.04 Å². The Bertz CT molecular complexity index is 1190. The molecule has 3 aromatic heterocycles. The Hall–Kier alpha value is -3.26. The van der Waals surface area contributed by atoms with Crippen molar-refractivity contribution in [1.29, 1.82) is 0 Å². The average molecular weight is 422 g/mol. The van der Waals surface area contributed by atoms with E-state index in [9.17, 15) is 0 Å². The number of halogens is 1. The van der Waals surface area contributed by atoms with E-state index < -0.39 is 0 Å². The van der Waals surface area contributed by atoms with Crippen LogP contribution in [0.2, 0.25) is 5.02 Å². The summed E-state index contributed by atoms with van der Waals surface area (Å²) in [5.74, 6) is 2.24. The number of benzene rings is 1. The van der Waals surface area contributed by atoms with Gasteiger partial charge in [-0.2, -0.15) is 0 Å². The van der Waals surface area contributed by atoms with Crippen LogP contribution in [0, 0.1) is 6.92 Å². The first-order valence-corrected chi connectivity index (χ1v) is 10.1. The van der Waals surface area contributed by atoms with Crippen LogP contribution in [0.1, 0.15) is 30.1 Å². The zero-order valence-corrected chi connectivity index (χ0v) is 17.4. The fraction of sp³-hybridized carbons (Fsp3) is 0.286. The molecule has 0 radical (unpaired) electrons. The molecule has 1 aliphatic heterocycles. The van der Waals surface area contributed by atoms with E-state index in [1.54, 1.807) is 12.4 Å². The quantitative estimate of drug-likeness (QED) is 0.487. The third-order valence-corrected chi connectivity index (χ3v) is 5.75. The van der Waals surface area contributed by atoms with E-state index in [1.807, 2.05) is 42.8 Å². The zero-order chi connectivity index (χ0) is 20.7. The highest BCUT2D eigenvalue weighted by atomic mass is 35.5. The third-order valence-electron chi connectivity index (χ3n) is 5.52. The van der Waals surface area contributed by atoms with E-state index in [1.165, 1.54) is 6.33 Å². The molecule has 30 heavy (non-hydrogen) atoms. The van der Waals surface area contributed by atoms with E-state index >= 15 is 0 Å². The van der Waals surface area contributed by atoms with Crippen LogP contribution in [0.4, 0.5) is 5.95 Å². The second-order valence-electron chi connectivity index (χ2n) is 7.44. The second-order valence-corrected chi connectivity index (χ2v) is 7.87. The Balaban J connectivity index is 1.46. The Kier molecular flexibility index (Phi) is 4.71. The van der Waals surface area contributed by atoms with Crippen molar-refractivity contribution in [2.24, 2.45) is 7.05 Å². The minimum Gasteiger partial charge on any atom is -0.356 e. The first-order valence-electron chi connectivity index (χ1n) is 9.76. The predicted molar refractivity (Wildman–Crippen MR) is 113 cm³/mol. The molecule has 1 saturated heterocycles. The van der Waals surface area contributed by atoms with Gasteiger partial charge in [-0.05, 0) is 37.5 Å². The maximum Gasteiger partial charge on any atom is 0.227 e. The molecule has 0 amide bonds. The summed E-state index contributed by atoms with van der Waals surface area (Å²) < 4.78 is 7.66. The molecule has 0 spiro atoms. The van der Waals surface area contributed by atoms with Crippen LogP contribution >= 0.6 is 11.6 Å². The molecule has 0 aliphatic carbocycles. The minimum absolute atomic E-state index is 0.0739. The van der Waals surface area contributed by atoms with Gasteiger partial charge in [-0.25, -0.2) is 9.97 Å². The van der Waals surface area contributed by atoms with Gasteiger partial charge in [0.05, 0.1) is 11.6 Å². The smallest absolute Gasteiger partial charge is 0.227 e. The Labute approximate surface area is 178 Å². The molecule has 152 valence electrons. The molecule has 5 rings (SSSR count). The van der Waals surface area contributed by atoms with E-state index in [0.29, 0.717) is 5.02 Å². The molecule has 1 atom stereocenters. The number of aromatic nitrogens is 6. The lowest BCUT2D eigenvalue weighted by atomic mass is 10.0. The number of rotatable bonds is 4. The lowest BCUT2D eigenvalue weighted by molar-refractivity contribution is 0.415. The molecule has 1 aromatic carbocycles. The lowest BCUT2D eigenvalue weighted by Gasteiger charge is -2.23. The van der Waals surface area contributed by atoms with Gasteiger partial charge in [0.1, 0.15) is 12.0 Å². The fourth-order valence-electron chi connectivity index (χ4n) is 3.98. The summed E-state index contributed by atoms with van der Waals surface area (Å²) in [7, 11) is 1.95. The van der Waals surface area contributed by atoms with Crippen LogP contribution in [0.25, 0.3) is 22.7 Å². The molecule has 0 bridgehead atoms. The maximum atomic E-state index is 6.18. The van der Waals surface area contributed by atoms with Crippen molar-refractivity contribution in [3.8, 4) is 22.7 Å². The molecule has 0 N–H and O–H groups in total. The van der Waals surface area contributed by atoms with Crippen LogP contribution in [0.15, 0.2) is 47.5 Å². The van der Waals surface area contributed by atoms with Crippen molar-refractivity contribution in [3.63, 3.8) is 0 Å². The van der Waals surface area contributed by atoms with Gasteiger partial charge < -0.3 is 9.42 Å². The molecule has 0 saturated carbocycles. The van der Waals surface area contributed by atoms with E-state index in [2.05, 4.69) is 30.2 Å². The van der Waals surface area contributed by atoms with Crippen LogP contribution in [0.5, 0.6) is 0 Å². The van der Waals surface area contributed by atoms with Gasteiger partial charge >= 0.3 is 0 Å². The topological polar surface area (TPSA) is 85.8 Å². The highest BCUT2D eigenvalue weighted by Crippen LogP contribution is 2.37. The van der Waals surface area contributed by atoms with Crippen molar-refractivity contribution in [1.82, 2.24) is 29.9 Å². The molecular formula is C21H20ClN7O. The summed E-state index contributed by atoms with van der Waals surface area (Å²) in [4.78, 5) is 10.4. The van der Waals surface area contributed by atoms with Crippen molar-refractivity contribution in [2.75, 3.05) is 11.4 Å². The molecule has 8 nitrogen and oxygen atoms in total. The lowest BCUT2D eigenvalue weighted by Crippen LogP contribution is -2.25. The van der Waals surface area contributed by atoms with Crippen LogP contribution in [0.3, 0.4) is 0 Å². The second kappa shape index (κ2) is 7.53. The largest absolute Gasteiger partial charge is 0.356 e. The number of nitrogens with zero attached hydrogens (tertiary/aromatic N) is 7. The van der Waals surface area contributed by atoms with Crippen molar-refractivity contribution in [3.05, 3.63) is 59.3 Å². The standard InChI is InChI=1S/C21H20ClN7O/c1-13-5-6-15(22)8-16(13)19-9-17(27-30-19)18-4-3-7-29(18)21-26-25-20(28(21)2)14-10-23-12-24-11-14/h5-6,8-12,18H,3-4,7H2,1-2H3.